The topological polar surface area (TPSA) is 141 Å². The second-order valence-corrected chi connectivity index (χ2v) is 12.2. The molecule has 11 nitrogen and oxygen atoms in total. The molecular formula is C39H40N2O9. The molecule has 1 aromatic heterocycles. The molecule has 0 amide bonds. The lowest BCUT2D eigenvalue weighted by molar-refractivity contribution is -0.188. The number of nitrogens with zero attached hydrogens (tertiary/aromatic N) is 1. The molecule has 0 spiro atoms. The summed E-state index contributed by atoms with van der Waals surface area (Å²) in [6.45, 7) is 0.661. The van der Waals surface area contributed by atoms with E-state index in [9.17, 15) is 19.8 Å². The lowest BCUT2D eigenvalue weighted by Gasteiger charge is -2.40. The van der Waals surface area contributed by atoms with Crippen molar-refractivity contribution in [1.29, 1.82) is 0 Å². The Morgan fingerprint density at radius 2 is 1.36 bits per heavy atom. The standard InChI is InChI=1S/C39H40N2O9/c1-26-22-41(37(45)40-35(26)44)36-33(43)34(48-23-27-10-6-4-7-11-27)38(24-42,50-36)25-49-39(28-12-8-5-9-13-28,29-14-18-31(46-2)19-15-29)30-16-20-32(47-3)21-17-30/h4-22,33-34,36,42-43H,23-25H2,1-3H3,(H,40,44,45)/t33-,34-,36-,38+/m1/s1. The highest BCUT2D eigenvalue weighted by atomic mass is 16.6. The molecule has 0 saturated carbocycles. The van der Waals surface area contributed by atoms with E-state index in [1.54, 1.807) is 21.1 Å². The molecule has 3 N–H and O–H groups in total. The minimum absolute atomic E-state index is 0.0702. The Kier molecular flexibility index (Phi) is 10.3. The zero-order valence-corrected chi connectivity index (χ0v) is 28.0. The molecule has 0 radical (unpaired) electrons. The summed E-state index contributed by atoms with van der Waals surface area (Å²) in [6, 6.07) is 33.9. The van der Waals surface area contributed by atoms with Gasteiger partial charge in [0.25, 0.3) is 5.56 Å². The maximum Gasteiger partial charge on any atom is 0.330 e. The smallest absolute Gasteiger partial charge is 0.330 e. The second-order valence-electron chi connectivity index (χ2n) is 12.2. The quantitative estimate of drug-likeness (QED) is 0.157. The maximum absolute atomic E-state index is 13.0. The van der Waals surface area contributed by atoms with Crippen molar-refractivity contribution in [3.63, 3.8) is 0 Å². The van der Waals surface area contributed by atoms with Gasteiger partial charge in [-0.1, -0.05) is 84.9 Å². The molecule has 5 aromatic rings. The molecule has 6 rings (SSSR count). The van der Waals surface area contributed by atoms with Crippen LogP contribution in [0.1, 0.15) is 34.0 Å². The molecule has 1 fully saturated rings. The average Bonchev–Trinajstić information content (AvgIpc) is 3.44. The Labute approximate surface area is 289 Å². The minimum Gasteiger partial charge on any atom is -0.497 e. The predicted molar refractivity (Wildman–Crippen MR) is 185 cm³/mol. The van der Waals surface area contributed by atoms with Crippen molar-refractivity contribution in [1.82, 2.24) is 9.55 Å². The van der Waals surface area contributed by atoms with Crippen LogP contribution in [0.25, 0.3) is 0 Å². The first-order valence-corrected chi connectivity index (χ1v) is 16.2. The van der Waals surface area contributed by atoms with Gasteiger partial charge < -0.3 is 33.9 Å². The first-order valence-electron chi connectivity index (χ1n) is 16.2. The van der Waals surface area contributed by atoms with Gasteiger partial charge in [0.2, 0.25) is 0 Å². The van der Waals surface area contributed by atoms with Crippen molar-refractivity contribution in [3.05, 3.63) is 164 Å². The monoisotopic (exact) mass is 680 g/mol. The Hall–Kier alpha value is -5.04. The van der Waals surface area contributed by atoms with Crippen LogP contribution in [0.4, 0.5) is 0 Å². The molecule has 1 saturated heterocycles. The molecule has 1 aliphatic heterocycles. The summed E-state index contributed by atoms with van der Waals surface area (Å²) in [6.07, 6.45) is -2.65. The van der Waals surface area contributed by atoms with Crippen LogP contribution >= 0.6 is 0 Å². The number of H-pyrrole nitrogens is 1. The van der Waals surface area contributed by atoms with Crippen LogP contribution in [-0.2, 0) is 26.4 Å². The second kappa shape index (κ2) is 14.8. The first kappa shape index (κ1) is 34.8. The molecule has 0 unspecified atom stereocenters. The summed E-state index contributed by atoms with van der Waals surface area (Å²) < 4.78 is 32.0. The van der Waals surface area contributed by atoms with Gasteiger partial charge in [-0.25, -0.2) is 4.79 Å². The van der Waals surface area contributed by atoms with Crippen molar-refractivity contribution in [2.24, 2.45) is 0 Å². The Balaban J connectivity index is 1.48. The fraction of sp³-hybridized carbons (Fsp3) is 0.282. The van der Waals surface area contributed by atoms with Crippen molar-refractivity contribution in [3.8, 4) is 11.5 Å². The molecule has 4 atom stereocenters. The number of rotatable bonds is 13. The van der Waals surface area contributed by atoms with Gasteiger partial charge in [0.05, 0.1) is 34.0 Å². The van der Waals surface area contributed by atoms with E-state index >= 15 is 0 Å². The summed E-state index contributed by atoms with van der Waals surface area (Å²) in [5, 5.41) is 23.0. The van der Waals surface area contributed by atoms with Gasteiger partial charge in [0.15, 0.2) is 6.23 Å². The number of benzene rings is 4. The summed E-state index contributed by atoms with van der Waals surface area (Å²) in [4.78, 5) is 27.5. The van der Waals surface area contributed by atoms with Crippen LogP contribution in [0.15, 0.2) is 125 Å². The van der Waals surface area contributed by atoms with Gasteiger partial charge in [0.1, 0.15) is 34.9 Å². The van der Waals surface area contributed by atoms with Gasteiger partial charge in [-0.05, 0) is 53.4 Å². The van der Waals surface area contributed by atoms with Gasteiger partial charge in [-0.15, -0.1) is 0 Å². The van der Waals surface area contributed by atoms with Crippen LogP contribution in [-0.4, -0.2) is 65.0 Å². The Bertz CT molecular complexity index is 1930. The van der Waals surface area contributed by atoms with E-state index in [-0.39, 0.29) is 18.8 Å². The molecule has 50 heavy (non-hydrogen) atoms. The van der Waals surface area contributed by atoms with E-state index in [2.05, 4.69) is 4.98 Å². The predicted octanol–water partition coefficient (Wildman–Crippen LogP) is 4.08. The van der Waals surface area contributed by atoms with E-state index < -0.39 is 47.5 Å². The van der Waals surface area contributed by atoms with E-state index in [0.717, 1.165) is 26.8 Å². The van der Waals surface area contributed by atoms with Crippen LogP contribution in [0.2, 0.25) is 0 Å². The van der Waals surface area contributed by atoms with Crippen LogP contribution in [0, 0.1) is 6.92 Å². The number of aryl methyl sites for hydroxylation is 1. The number of nitrogens with one attached hydrogen (secondary N) is 1. The molecule has 0 aliphatic carbocycles. The number of aromatic nitrogens is 2. The molecule has 2 heterocycles. The van der Waals surface area contributed by atoms with Crippen molar-refractivity contribution < 1.29 is 33.9 Å². The number of hydrogen-bond donors (Lipinski definition) is 3. The number of ether oxygens (including phenoxy) is 5. The van der Waals surface area contributed by atoms with Crippen LogP contribution < -0.4 is 20.7 Å². The summed E-state index contributed by atoms with van der Waals surface area (Å²) in [7, 11) is 3.18. The molecular weight excluding hydrogens is 640 g/mol. The van der Waals surface area contributed by atoms with Crippen LogP contribution in [0.5, 0.6) is 11.5 Å². The highest BCUT2D eigenvalue weighted by molar-refractivity contribution is 5.49. The lowest BCUT2D eigenvalue weighted by Crippen LogP contribution is -2.53. The SMILES string of the molecule is COc1ccc(C(OC[C@]2(CO)O[C@@H](n3cc(C)c(=O)[nH]c3=O)[C@H](O)[C@H]2OCc2ccccc2)(c2ccccc2)c2ccc(OC)cc2)cc1. The highest BCUT2D eigenvalue weighted by Gasteiger charge is 2.58. The molecule has 1 aliphatic rings. The zero-order valence-electron chi connectivity index (χ0n) is 28.0. The van der Waals surface area contributed by atoms with E-state index in [0.29, 0.717) is 11.5 Å². The third-order valence-corrected chi connectivity index (χ3v) is 9.14. The number of aliphatic hydroxyl groups is 2. The van der Waals surface area contributed by atoms with Crippen molar-refractivity contribution in [2.75, 3.05) is 27.4 Å². The normalized spacial score (nSPS) is 20.5. The Morgan fingerprint density at radius 1 is 0.820 bits per heavy atom. The number of aromatic amines is 1. The van der Waals surface area contributed by atoms with Crippen molar-refractivity contribution >= 4 is 0 Å². The molecule has 11 heteroatoms. The summed E-state index contributed by atoms with van der Waals surface area (Å²) >= 11 is 0. The highest BCUT2D eigenvalue weighted by Crippen LogP contribution is 2.45. The maximum atomic E-state index is 13.0. The first-order chi connectivity index (χ1) is 24.2. The van der Waals surface area contributed by atoms with Gasteiger partial charge in [0, 0.05) is 11.8 Å². The molecule has 0 bridgehead atoms. The molecule has 4 aromatic carbocycles. The number of hydrogen-bond acceptors (Lipinski definition) is 9. The van der Waals surface area contributed by atoms with Crippen LogP contribution in [0.3, 0.4) is 0 Å². The van der Waals surface area contributed by atoms with Gasteiger partial charge in [-0.2, -0.15) is 0 Å². The van der Waals surface area contributed by atoms with E-state index in [1.807, 2.05) is 109 Å². The third-order valence-electron chi connectivity index (χ3n) is 9.14. The summed E-state index contributed by atoms with van der Waals surface area (Å²) in [5.41, 5.74) is -1.00. The lowest BCUT2D eigenvalue weighted by atomic mass is 9.79. The Morgan fingerprint density at radius 3 is 1.90 bits per heavy atom. The zero-order chi connectivity index (χ0) is 35.3. The number of aliphatic hydroxyl groups excluding tert-OH is 2. The largest absolute Gasteiger partial charge is 0.497 e. The molecule has 260 valence electrons. The summed E-state index contributed by atoms with van der Waals surface area (Å²) in [5.74, 6) is 1.30. The van der Waals surface area contributed by atoms with Gasteiger partial charge >= 0.3 is 5.69 Å². The van der Waals surface area contributed by atoms with Crippen molar-refractivity contribution in [2.45, 2.75) is 43.2 Å². The minimum atomic E-state index is -1.69. The fourth-order valence-corrected chi connectivity index (χ4v) is 6.44. The average molecular weight is 681 g/mol. The third kappa shape index (κ3) is 6.61. The fourth-order valence-electron chi connectivity index (χ4n) is 6.44. The van der Waals surface area contributed by atoms with E-state index in [4.69, 9.17) is 23.7 Å². The van der Waals surface area contributed by atoms with E-state index in [1.165, 1.54) is 6.20 Å². The number of methoxy groups -OCH3 is 2. The van der Waals surface area contributed by atoms with Gasteiger partial charge in [-0.3, -0.25) is 14.3 Å².